The maximum Gasteiger partial charge on any atom is 0.277 e. The maximum absolute atomic E-state index is 11.8. The van der Waals surface area contributed by atoms with E-state index in [4.69, 9.17) is 14.2 Å². The zero-order valence-corrected chi connectivity index (χ0v) is 13.9. The largest absolute Gasteiger partial charge is 0.497 e. The standard InChI is InChI=1S/C18H20N2O4/c1-13(16-10-9-15(22-2)11-17(16)23-3)19-20-18(21)12-24-14-7-5-4-6-8-14/h4-11H,12H2,1-3H3,(H,20,21)/b19-13-. The molecule has 1 N–H and O–H groups in total. The first-order valence-corrected chi connectivity index (χ1v) is 7.37. The summed E-state index contributed by atoms with van der Waals surface area (Å²) in [7, 11) is 3.15. The molecular weight excluding hydrogens is 308 g/mol. The van der Waals surface area contributed by atoms with Gasteiger partial charge in [0, 0.05) is 11.6 Å². The Labute approximate surface area is 141 Å². The number of nitrogens with zero attached hydrogens (tertiary/aromatic N) is 1. The van der Waals surface area contributed by atoms with Crippen molar-refractivity contribution in [2.75, 3.05) is 20.8 Å². The second-order valence-corrected chi connectivity index (χ2v) is 4.90. The van der Waals surface area contributed by atoms with E-state index in [0.29, 0.717) is 23.0 Å². The molecule has 0 aliphatic rings. The predicted molar refractivity (Wildman–Crippen MR) is 91.8 cm³/mol. The maximum atomic E-state index is 11.8. The van der Waals surface area contributed by atoms with Gasteiger partial charge in [-0.1, -0.05) is 18.2 Å². The van der Waals surface area contributed by atoms with Gasteiger partial charge < -0.3 is 14.2 Å². The van der Waals surface area contributed by atoms with Gasteiger partial charge in [-0.2, -0.15) is 5.10 Å². The summed E-state index contributed by atoms with van der Waals surface area (Å²) in [5.41, 5.74) is 3.85. The van der Waals surface area contributed by atoms with Gasteiger partial charge in [-0.3, -0.25) is 4.79 Å². The monoisotopic (exact) mass is 328 g/mol. The molecule has 0 fully saturated rings. The van der Waals surface area contributed by atoms with Gasteiger partial charge in [0.2, 0.25) is 0 Å². The highest BCUT2D eigenvalue weighted by atomic mass is 16.5. The van der Waals surface area contributed by atoms with Crippen molar-refractivity contribution in [2.45, 2.75) is 6.92 Å². The van der Waals surface area contributed by atoms with Crippen molar-refractivity contribution in [3.63, 3.8) is 0 Å². The second kappa shape index (κ2) is 8.57. The molecule has 0 spiro atoms. The molecule has 2 aromatic carbocycles. The lowest BCUT2D eigenvalue weighted by atomic mass is 10.1. The van der Waals surface area contributed by atoms with Crippen molar-refractivity contribution in [1.82, 2.24) is 5.43 Å². The van der Waals surface area contributed by atoms with Crippen LogP contribution in [0, 0.1) is 0 Å². The molecule has 126 valence electrons. The van der Waals surface area contributed by atoms with Crippen LogP contribution >= 0.6 is 0 Å². The number of nitrogens with one attached hydrogen (secondary N) is 1. The normalized spacial score (nSPS) is 10.9. The summed E-state index contributed by atoms with van der Waals surface area (Å²) in [4.78, 5) is 11.8. The molecule has 2 aromatic rings. The number of ether oxygens (including phenoxy) is 3. The van der Waals surface area contributed by atoms with Crippen LogP contribution in [0.2, 0.25) is 0 Å². The van der Waals surface area contributed by atoms with Gasteiger partial charge >= 0.3 is 0 Å². The SMILES string of the molecule is COc1ccc(/C(C)=N\NC(=O)COc2ccccc2)c(OC)c1. The molecular formula is C18H20N2O4. The minimum atomic E-state index is -0.342. The quantitative estimate of drug-likeness (QED) is 0.626. The number of methoxy groups -OCH3 is 2. The van der Waals surface area contributed by atoms with Crippen molar-refractivity contribution >= 4 is 11.6 Å². The number of hydrazone groups is 1. The van der Waals surface area contributed by atoms with Gasteiger partial charge in [0.1, 0.15) is 17.2 Å². The molecule has 1 amide bonds. The minimum Gasteiger partial charge on any atom is -0.497 e. The first-order chi connectivity index (χ1) is 11.6. The Morgan fingerprint density at radius 1 is 1.04 bits per heavy atom. The van der Waals surface area contributed by atoms with Crippen LogP contribution in [0.25, 0.3) is 0 Å². The number of para-hydroxylation sites is 1. The molecule has 0 aliphatic heterocycles. The van der Waals surface area contributed by atoms with E-state index >= 15 is 0 Å². The van der Waals surface area contributed by atoms with Crippen LogP contribution in [0.15, 0.2) is 53.6 Å². The highest BCUT2D eigenvalue weighted by molar-refractivity contribution is 6.01. The van der Waals surface area contributed by atoms with Crippen molar-refractivity contribution in [2.24, 2.45) is 5.10 Å². The van der Waals surface area contributed by atoms with Gasteiger partial charge in [0.15, 0.2) is 6.61 Å². The lowest BCUT2D eigenvalue weighted by Gasteiger charge is -2.10. The minimum absolute atomic E-state index is 0.111. The first kappa shape index (κ1) is 17.3. The molecule has 0 aromatic heterocycles. The van der Waals surface area contributed by atoms with Crippen LogP contribution < -0.4 is 19.6 Å². The Hall–Kier alpha value is -3.02. The molecule has 0 saturated carbocycles. The number of benzene rings is 2. The van der Waals surface area contributed by atoms with Crippen molar-refractivity contribution in [3.05, 3.63) is 54.1 Å². The molecule has 2 rings (SSSR count). The molecule has 0 aliphatic carbocycles. The van der Waals surface area contributed by atoms with Gasteiger partial charge in [0.25, 0.3) is 5.91 Å². The zero-order valence-electron chi connectivity index (χ0n) is 13.9. The third-order valence-corrected chi connectivity index (χ3v) is 3.26. The number of amides is 1. The van der Waals surface area contributed by atoms with E-state index in [2.05, 4.69) is 10.5 Å². The number of carbonyl (C=O) groups is 1. The summed E-state index contributed by atoms with van der Waals surface area (Å²) in [5, 5.41) is 4.09. The van der Waals surface area contributed by atoms with Crippen molar-refractivity contribution in [1.29, 1.82) is 0 Å². The van der Waals surface area contributed by atoms with E-state index in [1.165, 1.54) is 0 Å². The summed E-state index contributed by atoms with van der Waals surface area (Å²) >= 11 is 0. The van der Waals surface area contributed by atoms with Crippen LogP contribution in [-0.2, 0) is 4.79 Å². The first-order valence-electron chi connectivity index (χ1n) is 7.37. The van der Waals surface area contributed by atoms with Crippen LogP contribution in [-0.4, -0.2) is 32.4 Å². The molecule has 0 atom stereocenters. The molecule has 0 radical (unpaired) electrons. The van der Waals surface area contributed by atoms with Gasteiger partial charge in [-0.05, 0) is 31.2 Å². The van der Waals surface area contributed by atoms with E-state index in [9.17, 15) is 4.79 Å². The van der Waals surface area contributed by atoms with Crippen LogP contribution in [0.1, 0.15) is 12.5 Å². The van der Waals surface area contributed by atoms with E-state index in [1.807, 2.05) is 24.3 Å². The van der Waals surface area contributed by atoms with Crippen molar-refractivity contribution < 1.29 is 19.0 Å². The summed E-state index contributed by atoms with van der Waals surface area (Å²) in [5.74, 6) is 1.59. The number of hydrogen-bond donors (Lipinski definition) is 1. The molecule has 6 heteroatoms. The lowest BCUT2D eigenvalue weighted by Crippen LogP contribution is -2.25. The fourth-order valence-electron chi connectivity index (χ4n) is 2.00. The average molecular weight is 328 g/mol. The molecule has 0 heterocycles. The highest BCUT2D eigenvalue weighted by Crippen LogP contribution is 2.25. The fraction of sp³-hybridized carbons (Fsp3) is 0.222. The van der Waals surface area contributed by atoms with E-state index in [-0.39, 0.29) is 12.5 Å². The van der Waals surface area contributed by atoms with Crippen LogP contribution in [0.4, 0.5) is 0 Å². The van der Waals surface area contributed by atoms with E-state index in [0.717, 1.165) is 5.56 Å². The van der Waals surface area contributed by atoms with E-state index < -0.39 is 0 Å². The number of carbonyl (C=O) groups excluding carboxylic acids is 1. The Morgan fingerprint density at radius 2 is 1.79 bits per heavy atom. The Morgan fingerprint density at radius 3 is 2.46 bits per heavy atom. The van der Waals surface area contributed by atoms with Gasteiger partial charge in [0.05, 0.1) is 19.9 Å². The summed E-state index contributed by atoms with van der Waals surface area (Å²) in [6, 6.07) is 14.5. The summed E-state index contributed by atoms with van der Waals surface area (Å²) in [6.07, 6.45) is 0. The smallest absolute Gasteiger partial charge is 0.277 e. The predicted octanol–water partition coefficient (Wildman–Crippen LogP) is 2.62. The lowest BCUT2D eigenvalue weighted by molar-refractivity contribution is -0.123. The van der Waals surface area contributed by atoms with E-state index in [1.54, 1.807) is 45.4 Å². The third-order valence-electron chi connectivity index (χ3n) is 3.26. The Kier molecular flexibility index (Phi) is 6.19. The van der Waals surface area contributed by atoms with Crippen LogP contribution in [0.5, 0.6) is 17.2 Å². The molecule has 0 saturated heterocycles. The Balaban J connectivity index is 1.97. The van der Waals surface area contributed by atoms with Crippen LogP contribution in [0.3, 0.4) is 0 Å². The average Bonchev–Trinajstić information content (AvgIpc) is 2.64. The fourth-order valence-corrected chi connectivity index (χ4v) is 2.00. The Bertz CT molecular complexity index is 714. The number of hydrogen-bond acceptors (Lipinski definition) is 5. The van der Waals surface area contributed by atoms with Gasteiger partial charge in [-0.15, -0.1) is 0 Å². The third kappa shape index (κ3) is 4.74. The second-order valence-electron chi connectivity index (χ2n) is 4.90. The van der Waals surface area contributed by atoms with Gasteiger partial charge in [-0.25, -0.2) is 5.43 Å². The molecule has 24 heavy (non-hydrogen) atoms. The molecule has 0 unspecified atom stereocenters. The van der Waals surface area contributed by atoms with Crippen molar-refractivity contribution in [3.8, 4) is 17.2 Å². The summed E-state index contributed by atoms with van der Waals surface area (Å²) < 4.78 is 15.8. The highest BCUT2D eigenvalue weighted by Gasteiger charge is 2.09. The molecule has 0 bridgehead atoms. The zero-order chi connectivity index (χ0) is 17.4. The molecule has 6 nitrogen and oxygen atoms in total. The topological polar surface area (TPSA) is 69.2 Å². The summed E-state index contributed by atoms with van der Waals surface area (Å²) in [6.45, 7) is 1.67. The number of rotatable bonds is 7.